The van der Waals surface area contributed by atoms with Gasteiger partial charge in [0.05, 0.1) is 17.8 Å². The van der Waals surface area contributed by atoms with Crippen LogP contribution < -0.4 is 16.6 Å². The molecule has 1 aromatic heterocycles. The molecule has 0 aliphatic carbocycles. The first-order chi connectivity index (χ1) is 24.7. The summed E-state index contributed by atoms with van der Waals surface area (Å²) in [5.74, 6) is -3.53. The van der Waals surface area contributed by atoms with Gasteiger partial charge in [-0.2, -0.15) is 0 Å². The second-order valence-corrected chi connectivity index (χ2v) is 13.6. The first kappa shape index (κ1) is 39.5. The molecule has 0 fully saturated rings. The minimum Gasteiger partial charge on any atom is -0.387 e. The van der Waals surface area contributed by atoms with Gasteiger partial charge in [-0.1, -0.05) is 57.5 Å². The molecule has 15 heteroatoms. The third-order valence-corrected chi connectivity index (χ3v) is 8.57. The second kappa shape index (κ2) is 17.8. The number of aromatic nitrogens is 2. The van der Waals surface area contributed by atoms with Crippen LogP contribution in [0, 0.1) is 17.0 Å². The van der Waals surface area contributed by atoms with E-state index in [-0.39, 0.29) is 55.5 Å². The maximum Gasteiger partial charge on any atom is 0.255 e. The van der Waals surface area contributed by atoms with Crippen molar-refractivity contribution in [3.05, 3.63) is 89.9 Å². The number of nitrogens with zero attached hydrogens (tertiary/aromatic N) is 4. The number of carbonyl (C=O) groups excluding carboxylic acids is 5. The van der Waals surface area contributed by atoms with E-state index in [1.165, 1.54) is 17.1 Å². The van der Waals surface area contributed by atoms with E-state index in [0.717, 1.165) is 28.7 Å². The molecule has 2 atom stereocenters. The molecule has 0 unspecified atom stereocenters. The lowest BCUT2D eigenvalue weighted by molar-refractivity contribution is -0.140. The fourth-order valence-corrected chi connectivity index (χ4v) is 5.94. The third kappa shape index (κ3) is 10.4. The van der Waals surface area contributed by atoms with E-state index in [2.05, 4.69) is 10.9 Å². The number of halogens is 2. The first-order valence-electron chi connectivity index (χ1n) is 17.0. The quantitative estimate of drug-likeness (QED) is 0.0990. The van der Waals surface area contributed by atoms with Crippen molar-refractivity contribution in [2.24, 2.45) is 11.1 Å². The fourth-order valence-electron chi connectivity index (χ4n) is 5.94. The summed E-state index contributed by atoms with van der Waals surface area (Å²) in [6.45, 7) is 5.19. The van der Waals surface area contributed by atoms with Crippen LogP contribution in [-0.4, -0.2) is 79.7 Å². The van der Waals surface area contributed by atoms with Crippen LogP contribution in [0.5, 0.6) is 0 Å². The number of hydrogen-bond donors (Lipinski definition) is 4. The highest BCUT2D eigenvalue weighted by Gasteiger charge is 2.38. The van der Waals surface area contributed by atoms with Crippen LogP contribution in [0.4, 0.5) is 8.78 Å². The van der Waals surface area contributed by atoms with E-state index >= 15 is 0 Å². The van der Waals surface area contributed by atoms with Crippen molar-refractivity contribution in [1.82, 2.24) is 30.2 Å². The minimum absolute atomic E-state index is 0.0610. The molecule has 0 bridgehead atoms. The molecule has 0 spiro atoms. The summed E-state index contributed by atoms with van der Waals surface area (Å²) in [4.78, 5) is 69.0. The number of imidazole rings is 1. The summed E-state index contributed by atoms with van der Waals surface area (Å²) in [5, 5.41) is 10.0. The highest BCUT2D eigenvalue weighted by atomic mass is 19.1. The summed E-state index contributed by atoms with van der Waals surface area (Å²) in [6.07, 6.45) is 5.60. The number of hydrogen-bond acceptors (Lipinski definition) is 8. The molecule has 2 aromatic carbocycles. The highest BCUT2D eigenvalue weighted by Crippen LogP contribution is 2.39. The zero-order valence-corrected chi connectivity index (χ0v) is 29.5. The molecule has 2 heterocycles. The molecule has 0 saturated heterocycles. The molecule has 1 aliphatic rings. The van der Waals surface area contributed by atoms with Crippen molar-refractivity contribution in [3.63, 3.8) is 0 Å². The average Bonchev–Trinajstić information content (AvgIpc) is 3.66. The maximum atomic E-state index is 15.0. The van der Waals surface area contributed by atoms with Crippen LogP contribution in [0.1, 0.15) is 70.3 Å². The van der Waals surface area contributed by atoms with Gasteiger partial charge in [0.1, 0.15) is 24.1 Å². The molecule has 0 radical (unpaired) electrons. The molecule has 4 rings (SSSR count). The Balaban J connectivity index is 1.44. The van der Waals surface area contributed by atoms with Crippen molar-refractivity contribution in [3.8, 4) is 11.3 Å². The largest absolute Gasteiger partial charge is 0.387 e. The van der Waals surface area contributed by atoms with E-state index in [1.807, 2.05) is 51.1 Å². The predicted molar refractivity (Wildman–Crippen MR) is 187 cm³/mol. The van der Waals surface area contributed by atoms with Crippen LogP contribution in [0.3, 0.4) is 0 Å². The molecule has 5 amide bonds. The average molecular weight is 722 g/mol. The van der Waals surface area contributed by atoms with Gasteiger partial charge in [-0.25, -0.2) is 13.8 Å². The Morgan fingerprint density at radius 3 is 2.33 bits per heavy atom. The lowest BCUT2D eigenvalue weighted by atomic mass is 9.84. The van der Waals surface area contributed by atoms with Crippen LogP contribution in [0.25, 0.3) is 11.3 Å². The van der Waals surface area contributed by atoms with Gasteiger partial charge in [0, 0.05) is 50.0 Å². The molecule has 52 heavy (non-hydrogen) atoms. The Hall–Kier alpha value is -5.28. The van der Waals surface area contributed by atoms with Gasteiger partial charge in [-0.05, 0) is 48.4 Å². The maximum absolute atomic E-state index is 15.0. The summed E-state index contributed by atoms with van der Waals surface area (Å²) < 4.78 is 30.9. The van der Waals surface area contributed by atoms with Crippen LogP contribution >= 0.6 is 0 Å². The standard InChI is InChI=1S/C37H45F2N7O6/c1-37(2,3)34(35-41-29(26-20-25(38)13-14-27(26)39)22-44(35)21-24-10-6-4-7-11-24)46(33(51)23-47)19-17-28(40)36(52)43-42-30(48)12-8-5-9-18-45-31(49)15-16-32(45)50/h4,6-7,10-11,13-16,20,22,28,34,47H,5,8-9,12,17-19,21,23,40H2,1-3H3,(H,42,48)(H,43,52)/t28-,34-/m0/s1. The molecule has 0 saturated carbocycles. The minimum atomic E-state index is -1.17. The summed E-state index contributed by atoms with van der Waals surface area (Å²) in [5.41, 5.74) is 11.0. The highest BCUT2D eigenvalue weighted by molar-refractivity contribution is 6.12. The summed E-state index contributed by atoms with van der Waals surface area (Å²) >= 11 is 0. The Morgan fingerprint density at radius 2 is 1.67 bits per heavy atom. The Morgan fingerprint density at radius 1 is 0.981 bits per heavy atom. The lowest BCUT2D eigenvalue weighted by Crippen LogP contribution is -2.51. The van der Waals surface area contributed by atoms with Crippen molar-refractivity contribution >= 4 is 29.5 Å². The SMILES string of the molecule is CC(C)(C)[C@H](c1nc(-c2cc(F)ccc2F)cn1Cc1ccccc1)N(CC[C@H](N)C(=O)NNC(=O)CCCCCN1C(=O)C=CC1=O)C(=O)CO. The van der Waals surface area contributed by atoms with Gasteiger partial charge >= 0.3 is 0 Å². The summed E-state index contributed by atoms with van der Waals surface area (Å²) in [6, 6.07) is 10.5. The Labute approximate surface area is 300 Å². The monoisotopic (exact) mass is 721 g/mol. The van der Waals surface area contributed by atoms with Crippen molar-refractivity contribution < 1.29 is 37.9 Å². The molecular weight excluding hydrogens is 676 g/mol. The molecule has 5 N–H and O–H groups in total. The zero-order valence-electron chi connectivity index (χ0n) is 29.5. The Bertz CT molecular complexity index is 1770. The fraction of sp³-hybridized carbons (Fsp3) is 0.405. The number of aliphatic hydroxyl groups excluding tert-OH is 1. The molecule has 3 aromatic rings. The third-order valence-electron chi connectivity index (χ3n) is 8.57. The number of amides is 5. The van der Waals surface area contributed by atoms with Crippen molar-refractivity contribution in [2.75, 3.05) is 19.7 Å². The number of nitrogens with two attached hydrogens (primary N) is 1. The van der Waals surface area contributed by atoms with E-state index in [0.29, 0.717) is 25.1 Å². The van der Waals surface area contributed by atoms with Crippen LogP contribution in [-0.2, 0) is 30.5 Å². The van der Waals surface area contributed by atoms with Gasteiger partial charge in [-0.15, -0.1) is 0 Å². The number of carbonyl (C=O) groups is 5. The number of unbranched alkanes of at least 4 members (excludes halogenated alkanes) is 2. The lowest BCUT2D eigenvalue weighted by Gasteiger charge is -2.40. The van der Waals surface area contributed by atoms with Gasteiger partial charge in [-0.3, -0.25) is 39.7 Å². The van der Waals surface area contributed by atoms with E-state index < -0.39 is 53.5 Å². The van der Waals surface area contributed by atoms with Gasteiger partial charge in [0.2, 0.25) is 11.8 Å². The number of benzene rings is 2. The number of hydrazine groups is 1. The number of rotatable bonds is 16. The number of aliphatic hydroxyl groups is 1. The van der Waals surface area contributed by atoms with Gasteiger partial charge in [0.15, 0.2) is 0 Å². The number of imide groups is 1. The van der Waals surface area contributed by atoms with E-state index in [1.54, 1.807) is 10.8 Å². The van der Waals surface area contributed by atoms with Crippen LogP contribution in [0.2, 0.25) is 0 Å². The van der Waals surface area contributed by atoms with E-state index in [4.69, 9.17) is 10.7 Å². The number of nitrogens with one attached hydrogen (secondary N) is 2. The zero-order chi connectivity index (χ0) is 38.0. The van der Waals surface area contributed by atoms with Gasteiger partial charge in [0.25, 0.3) is 17.7 Å². The molecule has 278 valence electrons. The van der Waals surface area contributed by atoms with E-state index in [9.17, 15) is 37.9 Å². The topological polar surface area (TPSA) is 180 Å². The summed E-state index contributed by atoms with van der Waals surface area (Å²) in [7, 11) is 0. The molecular formula is C37H45F2N7O6. The predicted octanol–water partition coefficient (Wildman–Crippen LogP) is 3.13. The van der Waals surface area contributed by atoms with Crippen LogP contribution in [0.15, 0.2) is 66.9 Å². The normalized spacial score (nSPS) is 14.0. The second-order valence-electron chi connectivity index (χ2n) is 13.6. The Kier molecular flexibility index (Phi) is 13.5. The molecule has 13 nitrogen and oxygen atoms in total. The first-order valence-corrected chi connectivity index (χ1v) is 17.0. The van der Waals surface area contributed by atoms with Crippen molar-refractivity contribution in [2.45, 2.75) is 71.5 Å². The molecule has 1 aliphatic heterocycles. The smallest absolute Gasteiger partial charge is 0.255 e. The van der Waals surface area contributed by atoms with Crippen molar-refractivity contribution in [1.29, 1.82) is 0 Å². The van der Waals surface area contributed by atoms with Gasteiger partial charge < -0.3 is 20.3 Å².